The molecular weight excluding hydrogens is 230 g/mol. The fraction of sp³-hybridized carbons (Fsp3) is 1.00. The van der Waals surface area contributed by atoms with E-state index in [1.54, 1.807) is 0 Å². The Labute approximate surface area is 120 Å². The normalized spacial score (nSPS) is 36.5. The molecule has 2 aliphatic rings. The predicted molar refractivity (Wildman–Crippen MR) is 84.3 cm³/mol. The lowest BCUT2D eigenvalue weighted by molar-refractivity contribution is 0.133. The molecule has 1 heteroatoms. The van der Waals surface area contributed by atoms with Crippen molar-refractivity contribution >= 4 is 0 Å². The van der Waals surface area contributed by atoms with E-state index >= 15 is 0 Å². The number of rotatable bonds is 3. The third kappa shape index (κ3) is 4.21. The Morgan fingerprint density at radius 1 is 0.737 bits per heavy atom. The third-order valence-corrected chi connectivity index (χ3v) is 6.14. The van der Waals surface area contributed by atoms with Gasteiger partial charge in [-0.25, -0.2) is 0 Å². The summed E-state index contributed by atoms with van der Waals surface area (Å²) in [5.41, 5.74) is 0. The second-order valence-electron chi connectivity index (χ2n) is 7.45. The van der Waals surface area contributed by atoms with Crippen LogP contribution >= 0.6 is 0 Å². The molecule has 0 aromatic carbocycles. The van der Waals surface area contributed by atoms with Crippen molar-refractivity contribution in [3.05, 3.63) is 0 Å². The Morgan fingerprint density at radius 3 is 1.95 bits per heavy atom. The van der Waals surface area contributed by atoms with E-state index in [2.05, 4.69) is 26.2 Å². The van der Waals surface area contributed by atoms with E-state index in [1.165, 1.54) is 64.2 Å². The zero-order valence-electron chi connectivity index (χ0n) is 13.5. The molecule has 112 valence electrons. The van der Waals surface area contributed by atoms with Crippen molar-refractivity contribution < 1.29 is 0 Å². The van der Waals surface area contributed by atoms with Crippen LogP contribution in [0.15, 0.2) is 0 Å². The molecule has 0 bridgehead atoms. The monoisotopic (exact) mass is 265 g/mol. The van der Waals surface area contributed by atoms with Crippen LogP contribution in [0.4, 0.5) is 0 Å². The number of hydrogen-bond donors (Lipinski definition) is 1. The minimum atomic E-state index is 0.799. The molecular formula is C18H35N. The van der Waals surface area contributed by atoms with E-state index in [-0.39, 0.29) is 0 Å². The van der Waals surface area contributed by atoms with Crippen LogP contribution in [0.25, 0.3) is 0 Å². The van der Waals surface area contributed by atoms with Gasteiger partial charge in [0.25, 0.3) is 0 Å². The van der Waals surface area contributed by atoms with E-state index < -0.39 is 0 Å². The quantitative estimate of drug-likeness (QED) is 0.756. The largest absolute Gasteiger partial charge is 0.316 e. The van der Waals surface area contributed by atoms with Gasteiger partial charge in [0.1, 0.15) is 0 Å². The summed E-state index contributed by atoms with van der Waals surface area (Å²) >= 11 is 0. The maximum Gasteiger partial charge on any atom is 0.0121 e. The summed E-state index contributed by atoms with van der Waals surface area (Å²) in [5.74, 6) is 3.78. The molecule has 2 rings (SSSR count). The summed E-state index contributed by atoms with van der Waals surface area (Å²) in [7, 11) is 2.21. The smallest absolute Gasteiger partial charge is 0.0121 e. The molecule has 0 heterocycles. The molecule has 4 atom stereocenters. The summed E-state index contributed by atoms with van der Waals surface area (Å²) in [5, 5.41) is 3.73. The molecule has 2 saturated carbocycles. The van der Waals surface area contributed by atoms with E-state index in [0.717, 1.165) is 29.7 Å². The molecule has 19 heavy (non-hydrogen) atoms. The van der Waals surface area contributed by atoms with Gasteiger partial charge in [0.2, 0.25) is 0 Å². The molecule has 0 aromatic heterocycles. The SMILES string of the molecule is CNC(C1CCCCCCC1)C1CCC(C)C(C)C1. The Bertz CT molecular complexity index is 237. The average molecular weight is 265 g/mol. The van der Waals surface area contributed by atoms with E-state index in [0.29, 0.717) is 0 Å². The highest BCUT2D eigenvalue weighted by atomic mass is 14.9. The number of hydrogen-bond acceptors (Lipinski definition) is 1. The van der Waals surface area contributed by atoms with Gasteiger partial charge in [-0.15, -0.1) is 0 Å². The lowest BCUT2D eigenvalue weighted by Gasteiger charge is -2.40. The lowest BCUT2D eigenvalue weighted by Crippen LogP contribution is -2.43. The molecule has 1 nitrogen and oxygen atoms in total. The topological polar surface area (TPSA) is 12.0 Å². The highest BCUT2D eigenvalue weighted by Crippen LogP contribution is 2.39. The van der Waals surface area contributed by atoms with Crippen molar-refractivity contribution in [2.45, 2.75) is 84.1 Å². The van der Waals surface area contributed by atoms with Gasteiger partial charge in [-0.3, -0.25) is 0 Å². The molecule has 2 aliphatic carbocycles. The van der Waals surface area contributed by atoms with Gasteiger partial charge in [-0.2, -0.15) is 0 Å². The maximum absolute atomic E-state index is 3.73. The van der Waals surface area contributed by atoms with Crippen LogP contribution in [0.2, 0.25) is 0 Å². The molecule has 0 spiro atoms. The summed E-state index contributed by atoms with van der Waals surface area (Å²) in [6.07, 6.45) is 14.7. The van der Waals surface area contributed by atoms with Gasteiger partial charge in [-0.05, 0) is 56.4 Å². The highest BCUT2D eigenvalue weighted by Gasteiger charge is 2.33. The predicted octanol–water partition coefficient (Wildman–Crippen LogP) is 5.01. The van der Waals surface area contributed by atoms with Crippen molar-refractivity contribution in [3.8, 4) is 0 Å². The van der Waals surface area contributed by atoms with E-state index in [4.69, 9.17) is 0 Å². The molecule has 0 saturated heterocycles. The van der Waals surface area contributed by atoms with Crippen LogP contribution in [0.1, 0.15) is 78.1 Å². The van der Waals surface area contributed by atoms with Crippen molar-refractivity contribution in [3.63, 3.8) is 0 Å². The first-order valence-corrected chi connectivity index (χ1v) is 8.89. The molecule has 1 N–H and O–H groups in total. The van der Waals surface area contributed by atoms with Gasteiger partial charge in [-0.1, -0.05) is 52.4 Å². The Morgan fingerprint density at radius 2 is 1.37 bits per heavy atom. The van der Waals surface area contributed by atoms with Crippen molar-refractivity contribution in [2.24, 2.45) is 23.7 Å². The first kappa shape index (κ1) is 15.4. The van der Waals surface area contributed by atoms with Gasteiger partial charge in [0.15, 0.2) is 0 Å². The molecule has 4 unspecified atom stereocenters. The van der Waals surface area contributed by atoms with Gasteiger partial charge < -0.3 is 5.32 Å². The fourth-order valence-electron chi connectivity index (χ4n) is 4.62. The van der Waals surface area contributed by atoms with Crippen molar-refractivity contribution in [2.75, 3.05) is 7.05 Å². The summed E-state index contributed by atoms with van der Waals surface area (Å²) in [6.45, 7) is 4.92. The first-order chi connectivity index (χ1) is 9.22. The van der Waals surface area contributed by atoms with Crippen LogP contribution in [0, 0.1) is 23.7 Å². The average Bonchev–Trinajstić information content (AvgIpc) is 2.36. The standard InChI is InChI=1S/C18H35N/c1-14-11-12-17(13-15(14)2)18(19-3)16-9-7-5-4-6-8-10-16/h14-19H,4-13H2,1-3H3. The number of nitrogens with one attached hydrogen (secondary N) is 1. The molecule has 2 fully saturated rings. The molecule has 0 radical (unpaired) electrons. The van der Waals surface area contributed by atoms with Gasteiger partial charge in [0.05, 0.1) is 0 Å². The van der Waals surface area contributed by atoms with Crippen LogP contribution < -0.4 is 5.32 Å². The van der Waals surface area contributed by atoms with E-state index in [9.17, 15) is 0 Å². The highest BCUT2D eigenvalue weighted by molar-refractivity contribution is 4.87. The Balaban J connectivity index is 1.93. The van der Waals surface area contributed by atoms with Crippen LogP contribution in [-0.2, 0) is 0 Å². The van der Waals surface area contributed by atoms with Crippen LogP contribution in [0.3, 0.4) is 0 Å². The molecule has 0 aliphatic heterocycles. The molecule has 0 amide bonds. The van der Waals surface area contributed by atoms with Crippen LogP contribution in [-0.4, -0.2) is 13.1 Å². The zero-order chi connectivity index (χ0) is 13.7. The second kappa shape index (κ2) is 7.67. The minimum absolute atomic E-state index is 0.799. The fourth-order valence-corrected chi connectivity index (χ4v) is 4.62. The summed E-state index contributed by atoms with van der Waals surface area (Å²) < 4.78 is 0. The second-order valence-corrected chi connectivity index (χ2v) is 7.45. The molecule has 0 aromatic rings. The van der Waals surface area contributed by atoms with Crippen molar-refractivity contribution in [1.29, 1.82) is 0 Å². The summed E-state index contributed by atoms with van der Waals surface area (Å²) in [4.78, 5) is 0. The minimum Gasteiger partial charge on any atom is -0.316 e. The Hall–Kier alpha value is -0.0400. The van der Waals surface area contributed by atoms with Gasteiger partial charge in [0, 0.05) is 6.04 Å². The first-order valence-electron chi connectivity index (χ1n) is 8.89. The van der Waals surface area contributed by atoms with Crippen molar-refractivity contribution in [1.82, 2.24) is 5.32 Å². The lowest BCUT2D eigenvalue weighted by atomic mass is 9.69. The summed E-state index contributed by atoms with van der Waals surface area (Å²) in [6, 6.07) is 0.799. The Kier molecular flexibility index (Phi) is 6.19. The van der Waals surface area contributed by atoms with Crippen LogP contribution in [0.5, 0.6) is 0 Å². The third-order valence-electron chi connectivity index (χ3n) is 6.14. The maximum atomic E-state index is 3.73. The van der Waals surface area contributed by atoms with Gasteiger partial charge >= 0.3 is 0 Å². The van der Waals surface area contributed by atoms with E-state index in [1.807, 2.05) is 0 Å². The zero-order valence-corrected chi connectivity index (χ0v) is 13.5.